The first kappa shape index (κ1) is 15.6. The maximum Gasteiger partial charge on any atom is 0.0762 e. The number of hydrogen-bond donors (Lipinski definition) is 1. The van der Waals surface area contributed by atoms with Crippen LogP contribution in [0.25, 0.3) is 0 Å². The Bertz CT molecular complexity index is 377. The fraction of sp³-hybridized carbons (Fsp3) is 0.824. The van der Waals surface area contributed by atoms with Crippen LogP contribution >= 0.6 is 0 Å². The molecule has 0 bridgehead atoms. The molecular formula is C17H31N3. The molecule has 1 aromatic rings. The van der Waals surface area contributed by atoms with Gasteiger partial charge in [0.1, 0.15) is 0 Å². The van der Waals surface area contributed by atoms with Crippen LogP contribution in [-0.2, 0) is 6.54 Å². The summed E-state index contributed by atoms with van der Waals surface area (Å²) in [5.41, 5.74) is 1.19. The van der Waals surface area contributed by atoms with Crippen molar-refractivity contribution in [1.82, 2.24) is 15.1 Å². The minimum absolute atomic E-state index is 0.588. The van der Waals surface area contributed by atoms with E-state index in [9.17, 15) is 0 Å². The highest BCUT2D eigenvalue weighted by Crippen LogP contribution is 2.28. The number of nitrogens with zero attached hydrogens (tertiary/aromatic N) is 2. The molecule has 0 spiro atoms. The smallest absolute Gasteiger partial charge is 0.0762 e. The van der Waals surface area contributed by atoms with Gasteiger partial charge in [0.25, 0.3) is 0 Å². The van der Waals surface area contributed by atoms with E-state index in [2.05, 4.69) is 43.0 Å². The van der Waals surface area contributed by atoms with Crippen LogP contribution in [-0.4, -0.2) is 15.8 Å². The zero-order valence-electron chi connectivity index (χ0n) is 13.4. The largest absolute Gasteiger partial charge is 0.309 e. The molecule has 1 heterocycles. The Morgan fingerprint density at radius 3 is 2.70 bits per heavy atom. The Balaban J connectivity index is 1.68. The van der Waals surface area contributed by atoms with Crippen molar-refractivity contribution in [1.29, 1.82) is 0 Å². The molecular weight excluding hydrogens is 246 g/mol. The molecule has 1 saturated carbocycles. The average Bonchev–Trinajstić information content (AvgIpc) is 3.06. The molecule has 1 N–H and O–H groups in total. The lowest BCUT2D eigenvalue weighted by molar-refractivity contribution is 0.442. The molecule has 0 aliphatic heterocycles. The summed E-state index contributed by atoms with van der Waals surface area (Å²) in [6, 6.07) is 3.42. The molecule has 1 aliphatic carbocycles. The fourth-order valence-electron chi connectivity index (χ4n) is 3.06. The summed E-state index contributed by atoms with van der Waals surface area (Å²) < 4.78 is 2.19. The summed E-state index contributed by atoms with van der Waals surface area (Å²) in [5.74, 6) is 0.823. The second-order valence-corrected chi connectivity index (χ2v) is 6.83. The van der Waals surface area contributed by atoms with Gasteiger partial charge in [0, 0.05) is 18.8 Å². The van der Waals surface area contributed by atoms with Gasteiger partial charge in [-0.2, -0.15) is 5.10 Å². The third-order valence-electron chi connectivity index (χ3n) is 4.41. The van der Waals surface area contributed by atoms with Crippen LogP contribution in [0, 0.1) is 5.92 Å². The number of hydrogen-bond acceptors (Lipinski definition) is 2. The van der Waals surface area contributed by atoms with Gasteiger partial charge in [-0.15, -0.1) is 0 Å². The summed E-state index contributed by atoms with van der Waals surface area (Å²) in [6.07, 6.45) is 11.4. The van der Waals surface area contributed by atoms with E-state index >= 15 is 0 Å². The minimum atomic E-state index is 0.588. The highest BCUT2D eigenvalue weighted by atomic mass is 15.3. The van der Waals surface area contributed by atoms with Crippen LogP contribution in [0.3, 0.4) is 0 Å². The lowest BCUT2D eigenvalue weighted by atomic mass is 10.0. The summed E-state index contributed by atoms with van der Waals surface area (Å²) in [4.78, 5) is 0. The van der Waals surface area contributed by atoms with Crippen LogP contribution in [0.5, 0.6) is 0 Å². The Labute approximate surface area is 124 Å². The minimum Gasteiger partial charge on any atom is -0.309 e. The van der Waals surface area contributed by atoms with Crippen molar-refractivity contribution in [3.05, 3.63) is 18.0 Å². The van der Waals surface area contributed by atoms with Crippen molar-refractivity contribution in [2.75, 3.05) is 0 Å². The Hall–Kier alpha value is -0.830. The average molecular weight is 277 g/mol. The Kier molecular flexibility index (Phi) is 6.08. The first-order valence-electron chi connectivity index (χ1n) is 8.42. The van der Waals surface area contributed by atoms with Crippen molar-refractivity contribution in [3.8, 4) is 0 Å². The quantitative estimate of drug-likeness (QED) is 0.767. The van der Waals surface area contributed by atoms with Crippen molar-refractivity contribution in [3.63, 3.8) is 0 Å². The zero-order valence-corrected chi connectivity index (χ0v) is 13.4. The summed E-state index contributed by atoms with van der Waals surface area (Å²) in [7, 11) is 0. The molecule has 1 atom stereocenters. The lowest BCUT2D eigenvalue weighted by Gasteiger charge is -2.13. The van der Waals surface area contributed by atoms with Gasteiger partial charge in [-0.1, -0.05) is 39.5 Å². The second kappa shape index (κ2) is 7.82. The van der Waals surface area contributed by atoms with Gasteiger partial charge in [-0.3, -0.25) is 4.68 Å². The van der Waals surface area contributed by atoms with Crippen LogP contribution in [0.4, 0.5) is 0 Å². The van der Waals surface area contributed by atoms with Gasteiger partial charge >= 0.3 is 0 Å². The lowest BCUT2D eigenvalue weighted by Crippen LogP contribution is -2.25. The highest BCUT2D eigenvalue weighted by Gasteiger charge is 2.17. The predicted octanol–water partition coefficient (Wildman–Crippen LogP) is 4.30. The number of aromatic nitrogens is 2. The van der Waals surface area contributed by atoms with E-state index in [-0.39, 0.29) is 0 Å². The molecule has 3 nitrogen and oxygen atoms in total. The highest BCUT2D eigenvalue weighted by molar-refractivity contribution is 5.00. The summed E-state index contributed by atoms with van der Waals surface area (Å²) in [6.45, 7) is 7.79. The van der Waals surface area contributed by atoms with Crippen molar-refractivity contribution < 1.29 is 0 Å². The Morgan fingerprint density at radius 1 is 1.25 bits per heavy atom. The van der Waals surface area contributed by atoms with E-state index in [4.69, 9.17) is 5.10 Å². The van der Waals surface area contributed by atoms with Gasteiger partial charge in [-0.25, -0.2) is 0 Å². The fourth-order valence-corrected chi connectivity index (χ4v) is 3.06. The molecule has 1 aliphatic rings. The molecule has 0 amide bonds. The van der Waals surface area contributed by atoms with Crippen molar-refractivity contribution >= 4 is 0 Å². The molecule has 1 aromatic heterocycles. The Morgan fingerprint density at radius 2 is 2.00 bits per heavy atom. The van der Waals surface area contributed by atoms with Gasteiger partial charge in [0.15, 0.2) is 0 Å². The maximum absolute atomic E-state index is 4.73. The van der Waals surface area contributed by atoms with E-state index < -0.39 is 0 Å². The first-order valence-corrected chi connectivity index (χ1v) is 8.42. The van der Waals surface area contributed by atoms with E-state index in [0.29, 0.717) is 12.1 Å². The third kappa shape index (κ3) is 4.93. The van der Waals surface area contributed by atoms with E-state index in [1.165, 1.54) is 50.6 Å². The topological polar surface area (TPSA) is 29.9 Å². The predicted molar refractivity (Wildman–Crippen MR) is 84.7 cm³/mol. The van der Waals surface area contributed by atoms with Crippen molar-refractivity contribution in [2.24, 2.45) is 5.92 Å². The molecule has 20 heavy (non-hydrogen) atoms. The van der Waals surface area contributed by atoms with Gasteiger partial charge in [0.2, 0.25) is 0 Å². The van der Waals surface area contributed by atoms with E-state index in [1.807, 2.05) is 0 Å². The second-order valence-electron chi connectivity index (χ2n) is 6.83. The normalized spacial score (nSPS) is 18.0. The molecule has 2 rings (SSSR count). The third-order valence-corrected chi connectivity index (χ3v) is 4.41. The maximum atomic E-state index is 4.73. The molecule has 114 valence electrons. The van der Waals surface area contributed by atoms with Crippen LogP contribution < -0.4 is 5.32 Å². The molecule has 0 radical (unpaired) electrons. The van der Waals surface area contributed by atoms with Gasteiger partial charge in [-0.05, 0) is 38.2 Å². The summed E-state index contributed by atoms with van der Waals surface area (Å²) >= 11 is 0. The van der Waals surface area contributed by atoms with Crippen LogP contribution in [0.1, 0.15) is 77.5 Å². The molecule has 0 aromatic carbocycles. The standard InChI is InChI=1S/C17H31N3/c1-14(2)7-6-8-15(3)18-13-16-11-12-20(19-16)17-9-4-5-10-17/h11-12,14-15,17-18H,4-10,13H2,1-3H3. The number of rotatable bonds is 8. The van der Waals surface area contributed by atoms with E-state index in [0.717, 1.165) is 12.5 Å². The molecule has 1 fully saturated rings. The number of nitrogens with one attached hydrogen (secondary N) is 1. The van der Waals surface area contributed by atoms with Gasteiger partial charge < -0.3 is 5.32 Å². The van der Waals surface area contributed by atoms with Gasteiger partial charge in [0.05, 0.1) is 11.7 Å². The van der Waals surface area contributed by atoms with Crippen LogP contribution in [0.2, 0.25) is 0 Å². The summed E-state index contributed by atoms with van der Waals surface area (Å²) in [5, 5.41) is 8.33. The monoisotopic (exact) mass is 277 g/mol. The molecule has 0 saturated heterocycles. The SMILES string of the molecule is CC(C)CCCC(C)NCc1ccn(C2CCCC2)n1. The van der Waals surface area contributed by atoms with Crippen LogP contribution in [0.15, 0.2) is 12.3 Å². The first-order chi connectivity index (χ1) is 9.65. The molecule has 3 heteroatoms. The van der Waals surface area contributed by atoms with E-state index in [1.54, 1.807) is 0 Å². The molecule has 1 unspecified atom stereocenters. The van der Waals surface area contributed by atoms with Crippen molar-refractivity contribution in [2.45, 2.75) is 84.3 Å². The zero-order chi connectivity index (χ0) is 14.4.